The molecular weight excluding hydrogens is 319 g/mol. The Morgan fingerprint density at radius 3 is 2.05 bits per heavy atom. The molecule has 0 saturated heterocycles. The number of sulfone groups is 1. The van der Waals surface area contributed by atoms with Gasteiger partial charge in [-0.2, -0.15) is 13.2 Å². The molecule has 0 fully saturated rings. The second kappa shape index (κ2) is 5.94. The molecule has 0 aliphatic rings. The van der Waals surface area contributed by atoms with Gasteiger partial charge in [0.05, 0.1) is 9.60 Å². The lowest BCUT2D eigenvalue weighted by Crippen LogP contribution is -2.24. The molecule has 0 amide bonds. The summed E-state index contributed by atoms with van der Waals surface area (Å²) in [6.45, 7) is 0.393. The Hall–Kier alpha value is -0.380. The lowest BCUT2D eigenvalue weighted by atomic mass is 10.2. The average molecular weight is 331 g/mol. The molecule has 0 unspecified atom stereocenters. The van der Waals surface area contributed by atoms with Crippen molar-refractivity contribution in [3.8, 4) is 0 Å². The van der Waals surface area contributed by atoms with Gasteiger partial charge < -0.3 is 0 Å². The van der Waals surface area contributed by atoms with Gasteiger partial charge in [-0.3, -0.25) is 4.90 Å². The van der Waals surface area contributed by atoms with E-state index in [1.54, 1.807) is 11.9 Å². The minimum absolute atomic E-state index is 0.321. The number of halogens is 3. The largest absolute Gasteiger partial charge is 0.501 e. The monoisotopic (exact) mass is 331 g/mol. The molecule has 0 heterocycles. The molecule has 1 rings (SSSR count). The Kier molecular flexibility index (Phi) is 5.21. The van der Waals surface area contributed by atoms with Crippen LogP contribution in [0.5, 0.6) is 0 Å². The third-order valence-corrected chi connectivity index (χ3v) is 4.66. The highest BCUT2D eigenvalue weighted by atomic mass is 32.2. The molecule has 0 N–H and O–H groups in total. The fourth-order valence-electron chi connectivity index (χ4n) is 1.28. The maximum atomic E-state index is 12.3. The number of hydrogen-bond donors (Lipinski definition) is 2. The number of rotatable bonds is 4. The van der Waals surface area contributed by atoms with Gasteiger partial charge in [0.1, 0.15) is 0 Å². The minimum Gasteiger partial charge on any atom is -0.282 e. The van der Waals surface area contributed by atoms with E-state index in [-0.39, 0.29) is 4.71 Å². The summed E-state index contributed by atoms with van der Waals surface area (Å²) in [4.78, 5) is 0.958. The summed E-state index contributed by atoms with van der Waals surface area (Å²) in [6.07, 6.45) is 0. The van der Waals surface area contributed by atoms with Gasteiger partial charge in [0.2, 0.25) is 0 Å². The molecule has 3 nitrogen and oxygen atoms in total. The van der Waals surface area contributed by atoms with E-state index in [1.807, 2.05) is 0 Å². The smallest absolute Gasteiger partial charge is 0.282 e. The summed E-state index contributed by atoms with van der Waals surface area (Å²) in [6, 6.07) is 4.55. The average Bonchev–Trinajstić information content (AvgIpc) is 2.28. The molecule has 0 radical (unpaired) electrons. The van der Waals surface area contributed by atoms with Crippen molar-refractivity contribution >= 4 is 35.1 Å². The molecule has 0 aliphatic heterocycles. The van der Waals surface area contributed by atoms with Crippen LogP contribution in [-0.4, -0.2) is 30.6 Å². The number of hydrogen-bond acceptors (Lipinski definition) is 5. The minimum atomic E-state index is -5.29. The van der Waals surface area contributed by atoms with E-state index >= 15 is 0 Å². The van der Waals surface area contributed by atoms with Crippen LogP contribution in [0.2, 0.25) is 0 Å². The van der Waals surface area contributed by atoms with Crippen molar-refractivity contribution in [2.24, 2.45) is 0 Å². The molecular formula is C10H12F3NO2S3. The molecule has 9 heteroatoms. The van der Waals surface area contributed by atoms with Gasteiger partial charge in [0.15, 0.2) is 0 Å². The summed E-state index contributed by atoms with van der Waals surface area (Å²) in [5.74, 6) is 0. The first-order chi connectivity index (χ1) is 8.55. The molecule has 108 valence electrons. The van der Waals surface area contributed by atoms with E-state index in [0.29, 0.717) is 12.1 Å². The molecule has 0 spiro atoms. The molecule has 0 aliphatic carbocycles. The topological polar surface area (TPSA) is 37.4 Å². The highest BCUT2D eigenvalue weighted by Crippen LogP contribution is 2.30. The summed E-state index contributed by atoms with van der Waals surface area (Å²) < 4.78 is 58.9. The lowest BCUT2D eigenvalue weighted by molar-refractivity contribution is -0.0436. The van der Waals surface area contributed by atoms with Crippen molar-refractivity contribution in [3.63, 3.8) is 0 Å². The van der Waals surface area contributed by atoms with Crippen molar-refractivity contribution in [2.75, 3.05) is 7.05 Å². The van der Waals surface area contributed by atoms with E-state index in [0.717, 1.165) is 12.1 Å². The molecule has 0 bridgehead atoms. The van der Waals surface area contributed by atoms with Crippen molar-refractivity contribution in [1.29, 1.82) is 0 Å². The van der Waals surface area contributed by atoms with Crippen molar-refractivity contribution in [3.05, 3.63) is 29.8 Å². The molecule has 19 heavy (non-hydrogen) atoms. The Labute approximate surface area is 120 Å². The maximum absolute atomic E-state index is 12.3. The summed E-state index contributed by atoms with van der Waals surface area (Å²) in [5, 5.41) is 0. The van der Waals surface area contributed by atoms with Crippen LogP contribution in [0.25, 0.3) is 0 Å². The van der Waals surface area contributed by atoms with Crippen molar-refractivity contribution < 1.29 is 21.6 Å². The van der Waals surface area contributed by atoms with Gasteiger partial charge in [0, 0.05) is 6.54 Å². The summed E-state index contributed by atoms with van der Waals surface area (Å²) in [7, 11) is -3.55. The third-order valence-electron chi connectivity index (χ3n) is 2.36. The van der Waals surface area contributed by atoms with E-state index in [4.69, 9.17) is 0 Å². The Morgan fingerprint density at radius 1 is 1.21 bits per heavy atom. The maximum Gasteiger partial charge on any atom is 0.501 e. The zero-order chi connectivity index (χ0) is 14.8. The predicted molar refractivity (Wildman–Crippen MR) is 72.9 cm³/mol. The van der Waals surface area contributed by atoms with Crippen molar-refractivity contribution in [2.45, 2.75) is 21.7 Å². The highest BCUT2D eigenvalue weighted by molar-refractivity contribution is 7.99. The second-order valence-corrected chi connectivity index (χ2v) is 7.18. The summed E-state index contributed by atoms with van der Waals surface area (Å²) in [5.41, 5.74) is -4.62. The SMILES string of the molecule is CN(Cc1ccc(S(=O)(=O)C(F)(F)F)cc1)C(S)S. The number of alkyl halides is 3. The van der Waals surface area contributed by atoms with Crippen LogP contribution in [0.15, 0.2) is 29.2 Å². The van der Waals surface area contributed by atoms with Gasteiger partial charge in [-0.05, 0) is 24.7 Å². The normalized spacial score (nSPS) is 13.3. The van der Waals surface area contributed by atoms with E-state index in [9.17, 15) is 21.6 Å². The quantitative estimate of drug-likeness (QED) is 0.658. The fraction of sp³-hybridized carbons (Fsp3) is 0.400. The molecule has 1 aromatic carbocycles. The zero-order valence-corrected chi connectivity index (χ0v) is 12.4. The number of benzene rings is 1. The first kappa shape index (κ1) is 16.7. The molecule has 1 aromatic rings. The standard InChI is InChI=1S/C10H12F3NO2S3/c1-14(9(17)18)6-7-2-4-8(5-3-7)19(15,16)10(11,12)13/h2-5,9,17-18H,6H2,1H3. The van der Waals surface area contributed by atoms with Crippen LogP contribution in [0.4, 0.5) is 13.2 Å². The lowest BCUT2D eigenvalue weighted by Gasteiger charge is -2.19. The van der Waals surface area contributed by atoms with Crippen LogP contribution >= 0.6 is 25.3 Å². The van der Waals surface area contributed by atoms with Crippen LogP contribution in [0, 0.1) is 0 Å². The fourth-order valence-corrected chi connectivity index (χ4v) is 2.20. The zero-order valence-electron chi connectivity index (χ0n) is 9.79. The first-order valence-electron chi connectivity index (χ1n) is 5.02. The Balaban J connectivity index is 2.95. The van der Waals surface area contributed by atoms with Gasteiger partial charge >= 0.3 is 5.51 Å². The van der Waals surface area contributed by atoms with Gasteiger partial charge in [-0.1, -0.05) is 12.1 Å². The number of nitrogens with zero attached hydrogens (tertiary/aromatic N) is 1. The van der Waals surface area contributed by atoms with Gasteiger partial charge in [-0.15, -0.1) is 25.3 Å². The Bertz CT molecular complexity index is 526. The van der Waals surface area contributed by atoms with E-state index in [1.165, 1.54) is 12.1 Å². The van der Waals surface area contributed by atoms with Gasteiger partial charge in [-0.25, -0.2) is 8.42 Å². The van der Waals surface area contributed by atoms with E-state index in [2.05, 4.69) is 25.3 Å². The summed E-state index contributed by atoms with van der Waals surface area (Å²) >= 11 is 8.15. The Morgan fingerprint density at radius 2 is 1.68 bits per heavy atom. The number of thiol groups is 2. The van der Waals surface area contributed by atoms with E-state index < -0.39 is 20.2 Å². The second-order valence-electron chi connectivity index (χ2n) is 3.85. The van der Waals surface area contributed by atoms with Crippen LogP contribution < -0.4 is 0 Å². The van der Waals surface area contributed by atoms with Crippen LogP contribution in [0.1, 0.15) is 5.56 Å². The first-order valence-corrected chi connectivity index (χ1v) is 7.54. The third kappa shape index (κ3) is 4.04. The van der Waals surface area contributed by atoms with Crippen LogP contribution in [0.3, 0.4) is 0 Å². The van der Waals surface area contributed by atoms with Crippen LogP contribution in [-0.2, 0) is 16.4 Å². The molecule has 0 saturated carbocycles. The molecule has 0 aromatic heterocycles. The molecule has 0 atom stereocenters. The van der Waals surface area contributed by atoms with Gasteiger partial charge in [0.25, 0.3) is 9.84 Å². The predicted octanol–water partition coefficient (Wildman–Crippen LogP) is 2.56. The van der Waals surface area contributed by atoms with Crippen molar-refractivity contribution in [1.82, 2.24) is 4.90 Å². The highest BCUT2D eigenvalue weighted by Gasteiger charge is 2.46.